The van der Waals surface area contributed by atoms with Crippen molar-refractivity contribution in [1.29, 1.82) is 0 Å². The molecule has 2 aromatic rings. The van der Waals surface area contributed by atoms with Gasteiger partial charge >= 0.3 is 0 Å². The van der Waals surface area contributed by atoms with Crippen LogP contribution in [0.1, 0.15) is 31.3 Å². The van der Waals surface area contributed by atoms with Crippen LogP contribution in [-0.2, 0) is 4.79 Å². The van der Waals surface area contributed by atoms with Crippen molar-refractivity contribution >= 4 is 5.91 Å². The molecule has 0 saturated heterocycles. The topological polar surface area (TPSA) is 68.0 Å². The fourth-order valence-electron chi connectivity index (χ4n) is 1.68. The summed E-state index contributed by atoms with van der Waals surface area (Å²) in [6.07, 6.45) is 0. The van der Waals surface area contributed by atoms with Gasteiger partial charge in [-0.1, -0.05) is 28.9 Å². The molecule has 1 atom stereocenters. The zero-order chi connectivity index (χ0) is 13.1. The highest BCUT2D eigenvalue weighted by Gasteiger charge is 2.15. The van der Waals surface area contributed by atoms with Crippen molar-refractivity contribution in [2.24, 2.45) is 0 Å². The molecule has 0 fully saturated rings. The lowest BCUT2D eigenvalue weighted by atomic mass is 10.1. The second-order valence-electron chi connectivity index (χ2n) is 4.25. The maximum Gasteiger partial charge on any atom is 0.249 e. The zero-order valence-electron chi connectivity index (χ0n) is 10.6. The first-order valence-corrected chi connectivity index (χ1v) is 5.74. The molecular formula is C13H15N3O2. The molecule has 1 amide bonds. The Morgan fingerprint density at radius 3 is 2.89 bits per heavy atom. The van der Waals surface area contributed by atoms with Gasteiger partial charge < -0.3 is 9.84 Å². The van der Waals surface area contributed by atoms with Gasteiger partial charge in [0.1, 0.15) is 6.04 Å². The Morgan fingerprint density at radius 2 is 2.22 bits per heavy atom. The van der Waals surface area contributed by atoms with Gasteiger partial charge in [-0.2, -0.15) is 4.98 Å². The third-order valence-corrected chi connectivity index (χ3v) is 2.51. The molecule has 0 bridgehead atoms. The number of benzene rings is 1. The molecule has 0 aliphatic heterocycles. The molecule has 1 heterocycles. The van der Waals surface area contributed by atoms with Crippen LogP contribution >= 0.6 is 0 Å². The molecule has 94 valence electrons. The van der Waals surface area contributed by atoms with Crippen molar-refractivity contribution in [3.8, 4) is 11.4 Å². The highest BCUT2D eigenvalue weighted by Crippen LogP contribution is 2.19. The van der Waals surface area contributed by atoms with Crippen LogP contribution < -0.4 is 5.32 Å². The number of nitrogens with zero attached hydrogens (tertiary/aromatic N) is 2. The summed E-state index contributed by atoms with van der Waals surface area (Å²) in [5, 5.41) is 6.62. The van der Waals surface area contributed by atoms with E-state index in [9.17, 15) is 4.79 Å². The summed E-state index contributed by atoms with van der Waals surface area (Å²) in [6.45, 7) is 5.26. The number of carbonyl (C=O) groups excluding carboxylic acids is 1. The molecule has 0 saturated carbocycles. The monoisotopic (exact) mass is 245 g/mol. The highest BCUT2D eigenvalue weighted by molar-refractivity contribution is 5.73. The van der Waals surface area contributed by atoms with Gasteiger partial charge in [-0.3, -0.25) is 4.79 Å². The van der Waals surface area contributed by atoms with Gasteiger partial charge in [-0.25, -0.2) is 0 Å². The smallest absolute Gasteiger partial charge is 0.249 e. The van der Waals surface area contributed by atoms with Crippen molar-refractivity contribution in [2.45, 2.75) is 26.8 Å². The van der Waals surface area contributed by atoms with E-state index in [0.29, 0.717) is 11.7 Å². The van der Waals surface area contributed by atoms with E-state index in [-0.39, 0.29) is 11.9 Å². The van der Waals surface area contributed by atoms with Crippen LogP contribution in [0, 0.1) is 6.92 Å². The molecule has 18 heavy (non-hydrogen) atoms. The molecule has 0 radical (unpaired) electrons. The van der Waals surface area contributed by atoms with E-state index in [1.807, 2.05) is 31.2 Å². The summed E-state index contributed by atoms with van der Waals surface area (Å²) >= 11 is 0. The first-order chi connectivity index (χ1) is 8.56. The summed E-state index contributed by atoms with van der Waals surface area (Å²) in [5.74, 6) is 0.811. The number of carbonyl (C=O) groups is 1. The van der Waals surface area contributed by atoms with Crippen LogP contribution in [-0.4, -0.2) is 16.0 Å². The Balaban J connectivity index is 2.22. The second kappa shape index (κ2) is 5.00. The zero-order valence-corrected chi connectivity index (χ0v) is 10.6. The van der Waals surface area contributed by atoms with E-state index >= 15 is 0 Å². The predicted molar refractivity (Wildman–Crippen MR) is 66.7 cm³/mol. The van der Waals surface area contributed by atoms with Crippen LogP contribution in [0.4, 0.5) is 0 Å². The standard InChI is InChI=1S/C13H15N3O2/c1-8-5-4-6-11(7-8)12-15-13(18-16-12)9(2)14-10(3)17/h4-7,9H,1-3H3,(H,14,17)/t9-/m0/s1. The molecule has 1 aromatic carbocycles. The number of nitrogens with one attached hydrogen (secondary N) is 1. The van der Waals surface area contributed by atoms with Crippen molar-refractivity contribution in [2.75, 3.05) is 0 Å². The van der Waals surface area contributed by atoms with Gasteiger partial charge in [0.05, 0.1) is 0 Å². The number of hydrogen-bond donors (Lipinski definition) is 1. The van der Waals surface area contributed by atoms with Gasteiger partial charge in [0.15, 0.2) is 0 Å². The van der Waals surface area contributed by atoms with Crippen molar-refractivity contribution in [1.82, 2.24) is 15.5 Å². The second-order valence-corrected chi connectivity index (χ2v) is 4.25. The van der Waals surface area contributed by atoms with Crippen LogP contribution in [0.15, 0.2) is 28.8 Å². The van der Waals surface area contributed by atoms with Gasteiger partial charge in [0.25, 0.3) is 0 Å². The number of amides is 1. The summed E-state index contributed by atoms with van der Waals surface area (Å²) < 4.78 is 5.15. The van der Waals surface area contributed by atoms with Gasteiger partial charge in [-0.15, -0.1) is 0 Å². The minimum Gasteiger partial charge on any atom is -0.345 e. The lowest BCUT2D eigenvalue weighted by Gasteiger charge is -2.05. The molecule has 5 nitrogen and oxygen atoms in total. The minimum atomic E-state index is -0.284. The Kier molecular flexibility index (Phi) is 3.41. The minimum absolute atomic E-state index is 0.127. The first-order valence-electron chi connectivity index (χ1n) is 5.74. The maximum atomic E-state index is 10.9. The molecule has 1 N–H and O–H groups in total. The Bertz CT molecular complexity index is 563. The van der Waals surface area contributed by atoms with E-state index in [1.54, 1.807) is 6.92 Å². The van der Waals surface area contributed by atoms with E-state index in [4.69, 9.17) is 4.52 Å². The van der Waals surface area contributed by atoms with Crippen LogP contribution in [0.3, 0.4) is 0 Å². The number of hydrogen-bond acceptors (Lipinski definition) is 4. The Morgan fingerprint density at radius 1 is 1.44 bits per heavy atom. The first kappa shape index (κ1) is 12.3. The predicted octanol–water partition coefficient (Wildman–Crippen LogP) is 2.24. The summed E-state index contributed by atoms with van der Waals surface area (Å²) in [6, 6.07) is 7.57. The number of aromatic nitrogens is 2. The molecule has 0 unspecified atom stereocenters. The molecule has 1 aromatic heterocycles. The average molecular weight is 245 g/mol. The van der Waals surface area contributed by atoms with E-state index in [0.717, 1.165) is 11.1 Å². The van der Waals surface area contributed by atoms with Crippen molar-refractivity contribution in [3.05, 3.63) is 35.7 Å². The van der Waals surface area contributed by atoms with Gasteiger partial charge in [-0.05, 0) is 19.9 Å². The van der Waals surface area contributed by atoms with Crippen LogP contribution in [0.2, 0.25) is 0 Å². The summed E-state index contributed by atoms with van der Waals surface area (Å²) in [7, 11) is 0. The maximum absolute atomic E-state index is 10.9. The number of rotatable bonds is 3. The van der Waals surface area contributed by atoms with Crippen LogP contribution in [0.25, 0.3) is 11.4 Å². The third kappa shape index (κ3) is 2.74. The van der Waals surface area contributed by atoms with E-state index in [2.05, 4.69) is 15.5 Å². The molecule has 5 heteroatoms. The van der Waals surface area contributed by atoms with E-state index in [1.165, 1.54) is 6.92 Å². The van der Waals surface area contributed by atoms with Gasteiger partial charge in [0.2, 0.25) is 17.6 Å². The largest absolute Gasteiger partial charge is 0.345 e. The fourth-order valence-corrected chi connectivity index (χ4v) is 1.68. The summed E-state index contributed by atoms with van der Waals surface area (Å²) in [4.78, 5) is 15.2. The normalized spacial score (nSPS) is 12.2. The van der Waals surface area contributed by atoms with E-state index < -0.39 is 0 Å². The molecule has 2 rings (SSSR count). The third-order valence-electron chi connectivity index (χ3n) is 2.51. The number of aryl methyl sites for hydroxylation is 1. The van der Waals surface area contributed by atoms with Crippen LogP contribution in [0.5, 0.6) is 0 Å². The molecular weight excluding hydrogens is 230 g/mol. The highest BCUT2D eigenvalue weighted by atomic mass is 16.5. The van der Waals surface area contributed by atoms with Crippen molar-refractivity contribution in [3.63, 3.8) is 0 Å². The Labute approximate surface area is 105 Å². The fraction of sp³-hybridized carbons (Fsp3) is 0.308. The Hall–Kier alpha value is -2.17. The average Bonchev–Trinajstić information content (AvgIpc) is 2.77. The molecule has 0 aliphatic rings. The molecule has 0 aliphatic carbocycles. The molecule has 0 spiro atoms. The quantitative estimate of drug-likeness (QED) is 0.900. The SMILES string of the molecule is CC(=O)N[C@@H](C)c1nc(-c2cccc(C)c2)no1. The lowest BCUT2D eigenvalue weighted by molar-refractivity contribution is -0.119. The van der Waals surface area contributed by atoms with Gasteiger partial charge in [0, 0.05) is 12.5 Å². The summed E-state index contributed by atoms with van der Waals surface area (Å²) in [5.41, 5.74) is 2.04. The lowest BCUT2D eigenvalue weighted by Crippen LogP contribution is -2.23. The van der Waals surface area contributed by atoms with Crippen molar-refractivity contribution < 1.29 is 9.32 Å².